The van der Waals surface area contributed by atoms with Crippen LogP contribution in [0.5, 0.6) is 11.5 Å². The summed E-state index contributed by atoms with van der Waals surface area (Å²) in [6, 6.07) is 10.6. The fourth-order valence-corrected chi connectivity index (χ4v) is 2.77. The number of aromatic nitrogens is 1. The molecular formula is C19H22N4O3. The summed E-state index contributed by atoms with van der Waals surface area (Å²) >= 11 is 0. The van der Waals surface area contributed by atoms with E-state index in [1.807, 2.05) is 13.0 Å². The van der Waals surface area contributed by atoms with E-state index in [0.29, 0.717) is 49.8 Å². The van der Waals surface area contributed by atoms with Crippen LogP contribution in [0, 0.1) is 0 Å². The molecule has 1 fully saturated rings. The number of pyridine rings is 1. The van der Waals surface area contributed by atoms with E-state index in [-0.39, 0.29) is 11.9 Å². The van der Waals surface area contributed by atoms with Crippen molar-refractivity contribution in [3.63, 3.8) is 0 Å². The molecule has 7 heteroatoms. The quantitative estimate of drug-likeness (QED) is 0.915. The van der Waals surface area contributed by atoms with Crippen molar-refractivity contribution in [2.75, 3.05) is 32.7 Å². The summed E-state index contributed by atoms with van der Waals surface area (Å²) in [5.41, 5.74) is 0.606. The lowest BCUT2D eigenvalue weighted by molar-refractivity contribution is 0.0665. The fourth-order valence-electron chi connectivity index (χ4n) is 2.77. The second-order valence-corrected chi connectivity index (χ2v) is 5.93. The number of ether oxygens (including phenoxy) is 1. The van der Waals surface area contributed by atoms with Gasteiger partial charge >= 0.3 is 6.03 Å². The SMILES string of the molecule is CCNC(=O)N1CCN(C(=O)c2ccc(Oc3cccnc3)cc2)CC1. The molecular weight excluding hydrogens is 332 g/mol. The molecule has 2 aromatic rings. The third-order valence-electron chi connectivity index (χ3n) is 4.15. The molecule has 0 spiro atoms. The Labute approximate surface area is 152 Å². The first-order valence-corrected chi connectivity index (χ1v) is 8.67. The number of amides is 3. The first kappa shape index (κ1) is 17.7. The molecule has 1 N–H and O–H groups in total. The van der Waals surface area contributed by atoms with E-state index in [1.165, 1.54) is 0 Å². The van der Waals surface area contributed by atoms with Gasteiger partial charge in [0.15, 0.2) is 0 Å². The molecule has 1 aliphatic rings. The van der Waals surface area contributed by atoms with Gasteiger partial charge in [-0.15, -0.1) is 0 Å². The summed E-state index contributed by atoms with van der Waals surface area (Å²) in [6.45, 7) is 4.64. The van der Waals surface area contributed by atoms with Gasteiger partial charge in [-0.05, 0) is 43.3 Å². The van der Waals surface area contributed by atoms with Crippen LogP contribution in [-0.2, 0) is 0 Å². The van der Waals surface area contributed by atoms with Crippen LogP contribution in [0.15, 0.2) is 48.8 Å². The Bertz CT molecular complexity index is 741. The Morgan fingerprint density at radius 3 is 2.35 bits per heavy atom. The molecule has 1 saturated heterocycles. The zero-order valence-corrected chi connectivity index (χ0v) is 14.7. The van der Waals surface area contributed by atoms with Gasteiger partial charge in [0, 0.05) is 44.5 Å². The second kappa shape index (κ2) is 8.33. The molecule has 0 aliphatic carbocycles. The number of carbonyl (C=O) groups excluding carboxylic acids is 2. The van der Waals surface area contributed by atoms with Gasteiger partial charge in [-0.3, -0.25) is 9.78 Å². The van der Waals surface area contributed by atoms with Crippen LogP contribution in [0.3, 0.4) is 0 Å². The maximum absolute atomic E-state index is 12.6. The molecule has 0 radical (unpaired) electrons. The van der Waals surface area contributed by atoms with Gasteiger partial charge in [-0.2, -0.15) is 0 Å². The van der Waals surface area contributed by atoms with Gasteiger partial charge in [0.25, 0.3) is 5.91 Å². The van der Waals surface area contributed by atoms with E-state index < -0.39 is 0 Å². The monoisotopic (exact) mass is 354 g/mol. The van der Waals surface area contributed by atoms with Crippen molar-refractivity contribution in [3.05, 3.63) is 54.4 Å². The highest BCUT2D eigenvalue weighted by Gasteiger charge is 2.24. The number of benzene rings is 1. The van der Waals surface area contributed by atoms with Gasteiger partial charge in [0.05, 0.1) is 6.20 Å². The maximum Gasteiger partial charge on any atom is 0.317 e. The van der Waals surface area contributed by atoms with Crippen molar-refractivity contribution < 1.29 is 14.3 Å². The van der Waals surface area contributed by atoms with Crippen LogP contribution in [0.4, 0.5) is 4.79 Å². The predicted molar refractivity (Wildman–Crippen MR) is 97.3 cm³/mol. The zero-order chi connectivity index (χ0) is 18.4. The Morgan fingerprint density at radius 1 is 1.04 bits per heavy atom. The van der Waals surface area contributed by atoms with E-state index in [0.717, 1.165) is 0 Å². The molecule has 3 amide bonds. The van der Waals surface area contributed by atoms with Crippen molar-refractivity contribution >= 4 is 11.9 Å². The molecule has 26 heavy (non-hydrogen) atoms. The molecule has 0 atom stereocenters. The van der Waals surface area contributed by atoms with Gasteiger partial charge in [0.2, 0.25) is 0 Å². The van der Waals surface area contributed by atoms with Gasteiger partial charge in [-0.1, -0.05) is 0 Å². The average Bonchev–Trinajstić information content (AvgIpc) is 2.69. The van der Waals surface area contributed by atoms with Gasteiger partial charge in [-0.25, -0.2) is 4.79 Å². The highest BCUT2D eigenvalue weighted by molar-refractivity contribution is 5.94. The lowest BCUT2D eigenvalue weighted by Crippen LogP contribution is -2.53. The van der Waals surface area contributed by atoms with Gasteiger partial charge < -0.3 is 19.9 Å². The minimum atomic E-state index is -0.0727. The Morgan fingerprint density at radius 2 is 1.73 bits per heavy atom. The summed E-state index contributed by atoms with van der Waals surface area (Å²) in [5, 5.41) is 2.78. The average molecular weight is 354 g/mol. The number of urea groups is 1. The Balaban J connectivity index is 1.56. The van der Waals surface area contributed by atoms with Crippen LogP contribution in [-0.4, -0.2) is 59.4 Å². The number of hydrogen-bond acceptors (Lipinski definition) is 4. The van der Waals surface area contributed by atoms with Crippen LogP contribution in [0.25, 0.3) is 0 Å². The van der Waals surface area contributed by atoms with E-state index in [4.69, 9.17) is 4.74 Å². The van der Waals surface area contributed by atoms with E-state index in [2.05, 4.69) is 10.3 Å². The molecule has 7 nitrogen and oxygen atoms in total. The van der Waals surface area contributed by atoms with E-state index in [9.17, 15) is 9.59 Å². The smallest absolute Gasteiger partial charge is 0.317 e. The molecule has 136 valence electrons. The summed E-state index contributed by atoms with van der Waals surface area (Å²) in [6.07, 6.45) is 3.31. The normalized spacial score (nSPS) is 14.0. The number of piperazine rings is 1. The highest BCUT2D eigenvalue weighted by Crippen LogP contribution is 2.21. The molecule has 0 bridgehead atoms. The second-order valence-electron chi connectivity index (χ2n) is 5.93. The minimum Gasteiger partial charge on any atom is -0.456 e. The predicted octanol–water partition coefficient (Wildman–Crippen LogP) is 2.36. The molecule has 0 saturated carbocycles. The number of nitrogens with zero attached hydrogens (tertiary/aromatic N) is 3. The zero-order valence-electron chi connectivity index (χ0n) is 14.7. The summed E-state index contributed by atoms with van der Waals surface area (Å²) in [5.74, 6) is 1.26. The third kappa shape index (κ3) is 4.30. The lowest BCUT2D eigenvalue weighted by atomic mass is 10.1. The van der Waals surface area contributed by atoms with Crippen LogP contribution in [0.1, 0.15) is 17.3 Å². The molecule has 3 rings (SSSR count). The van der Waals surface area contributed by atoms with Crippen LogP contribution in [0.2, 0.25) is 0 Å². The molecule has 1 aromatic carbocycles. The first-order valence-electron chi connectivity index (χ1n) is 8.67. The summed E-state index contributed by atoms with van der Waals surface area (Å²) in [4.78, 5) is 32.0. The summed E-state index contributed by atoms with van der Waals surface area (Å²) in [7, 11) is 0. The molecule has 0 unspecified atom stereocenters. The van der Waals surface area contributed by atoms with Crippen molar-refractivity contribution in [3.8, 4) is 11.5 Å². The number of rotatable bonds is 4. The lowest BCUT2D eigenvalue weighted by Gasteiger charge is -2.34. The van der Waals surface area contributed by atoms with Crippen molar-refractivity contribution in [2.24, 2.45) is 0 Å². The van der Waals surface area contributed by atoms with Crippen LogP contribution < -0.4 is 10.1 Å². The topological polar surface area (TPSA) is 74.8 Å². The molecule has 2 heterocycles. The van der Waals surface area contributed by atoms with Crippen molar-refractivity contribution in [1.82, 2.24) is 20.1 Å². The van der Waals surface area contributed by atoms with Crippen molar-refractivity contribution in [2.45, 2.75) is 6.92 Å². The first-order chi connectivity index (χ1) is 12.7. The number of carbonyl (C=O) groups is 2. The fraction of sp³-hybridized carbons (Fsp3) is 0.316. The van der Waals surface area contributed by atoms with Gasteiger partial charge in [0.1, 0.15) is 11.5 Å². The van der Waals surface area contributed by atoms with E-state index in [1.54, 1.807) is 52.5 Å². The minimum absolute atomic E-state index is 0.0338. The standard InChI is InChI=1S/C19H22N4O3/c1-2-21-19(25)23-12-10-22(11-13-23)18(24)15-5-7-16(8-6-15)26-17-4-3-9-20-14-17/h3-9,14H,2,10-13H2,1H3,(H,21,25). The van der Waals surface area contributed by atoms with E-state index >= 15 is 0 Å². The number of nitrogens with one attached hydrogen (secondary N) is 1. The maximum atomic E-state index is 12.6. The molecule has 1 aliphatic heterocycles. The highest BCUT2D eigenvalue weighted by atomic mass is 16.5. The Hall–Kier alpha value is -3.09. The van der Waals surface area contributed by atoms with Crippen molar-refractivity contribution in [1.29, 1.82) is 0 Å². The summed E-state index contributed by atoms with van der Waals surface area (Å²) < 4.78 is 5.68. The number of hydrogen-bond donors (Lipinski definition) is 1. The Kier molecular flexibility index (Phi) is 5.68. The van der Waals surface area contributed by atoms with Crippen LogP contribution >= 0.6 is 0 Å². The largest absolute Gasteiger partial charge is 0.456 e. The third-order valence-corrected chi connectivity index (χ3v) is 4.15. The molecule has 1 aromatic heterocycles.